The highest BCUT2D eigenvalue weighted by molar-refractivity contribution is 5.86. The molecule has 0 saturated carbocycles. The number of hydrogen-bond donors (Lipinski definition) is 1. The van der Waals surface area contributed by atoms with E-state index in [1.54, 1.807) is 16.8 Å². The minimum absolute atomic E-state index is 0.239. The maximum atomic E-state index is 13.1. The van der Waals surface area contributed by atoms with Crippen molar-refractivity contribution in [1.29, 1.82) is 0 Å². The van der Waals surface area contributed by atoms with E-state index in [1.807, 2.05) is 12.1 Å². The molecule has 174 valence electrons. The van der Waals surface area contributed by atoms with E-state index in [2.05, 4.69) is 16.0 Å². The molecular formula is C26H24F3N4O+. The van der Waals surface area contributed by atoms with Gasteiger partial charge >= 0.3 is 6.18 Å². The van der Waals surface area contributed by atoms with Crippen molar-refractivity contribution in [1.82, 2.24) is 14.5 Å². The van der Waals surface area contributed by atoms with Gasteiger partial charge in [-0.1, -0.05) is 6.07 Å². The summed E-state index contributed by atoms with van der Waals surface area (Å²) in [5.74, 6) is 0. The number of H-pyrrole nitrogens is 1. The van der Waals surface area contributed by atoms with Crippen molar-refractivity contribution in [2.75, 3.05) is 6.54 Å². The number of pyridine rings is 2. The van der Waals surface area contributed by atoms with Gasteiger partial charge in [-0.15, -0.1) is 0 Å². The Labute approximate surface area is 194 Å². The lowest BCUT2D eigenvalue weighted by molar-refractivity contribution is -0.690. The Morgan fingerprint density at radius 1 is 1.09 bits per heavy atom. The van der Waals surface area contributed by atoms with Gasteiger partial charge in [0.05, 0.1) is 5.69 Å². The predicted octanol–water partition coefficient (Wildman–Crippen LogP) is 4.35. The SMILES string of the molecule is C[n+]1cc(-c2ccn(-c3ccc4c5c([nH]c4c3)CC3CCCN3C5)c(=O)c2)ccc1C(F)(F)F. The van der Waals surface area contributed by atoms with Crippen LogP contribution < -0.4 is 10.1 Å². The van der Waals surface area contributed by atoms with E-state index < -0.39 is 11.9 Å². The third kappa shape index (κ3) is 3.44. The fourth-order valence-electron chi connectivity index (χ4n) is 5.52. The average molecular weight is 465 g/mol. The molecule has 0 radical (unpaired) electrons. The van der Waals surface area contributed by atoms with Gasteiger partial charge < -0.3 is 4.98 Å². The van der Waals surface area contributed by atoms with Gasteiger partial charge in [0.1, 0.15) is 7.05 Å². The zero-order valence-corrected chi connectivity index (χ0v) is 18.7. The number of hydrogen-bond acceptors (Lipinski definition) is 2. The lowest BCUT2D eigenvalue weighted by Gasteiger charge is -2.29. The lowest BCUT2D eigenvalue weighted by Crippen LogP contribution is -2.37. The fourth-order valence-corrected chi connectivity index (χ4v) is 5.52. The number of aromatic amines is 1. The summed E-state index contributed by atoms with van der Waals surface area (Å²) in [6.07, 6.45) is 2.19. The van der Waals surface area contributed by atoms with Gasteiger partial charge in [-0.25, -0.2) is 0 Å². The topological polar surface area (TPSA) is 44.9 Å². The van der Waals surface area contributed by atoms with Crippen molar-refractivity contribution >= 4 is 10.9 Å². The summed E-state index contributed by atoms with van der Waals surface area (Å²) in [5, 5.41) is 1.20. The molecule has 1 N–H and O–H groups in total. The minimum atomic E-state index is -4.43. The second-order valence-electron chi connectivity index (χ2n) is 9.32. The Hall–Kier alpha value is -3.39. The van der Waals surface area contributed by atoms with E-state index in [1.165, 1.54) is 54.9 Å². The Morgan fingerprint density at radius 3 is 2.71 bits per heavy atom. The van der Waals surface area contributed by atoms with Crippen LogP contribution in [0.4, 0.5) is 13.2 Å². The standard InChI is InChI=1S/C26H24F3N4O/c1-31-14-17(4-7-24(31)26(27,28)29)16-8-10-33(25(34)11-16)19-5-6-20-21-15-32-9-2-3-18(32)12-23(21)30-22(20)13-19/h4-8,10-11,13-14,18,30H,2-3,9,12,15H2,1H3/q+1. The van der Waals surface area contributed by atoms with Crippen LogP contribution in [0.3, 0.4) is 0 Å². The van der Waals surface area contributed by atoms with Crippen LogP contribution >= 0.6 is 0 Å². The number of aryl methyl sites for hydroxylation is 1. The van der Waals surface area contributed by atoms with Crippen molar-refractivity contribution in [2.45, 2.75) is 38.0 Å². The molecule has 1 fully saturated rings. The molecule has 2 aliphatic rings. The summed E-state index contributed by atoms with van der Waals surface area (Å²) in [4.78, 5) is 19.1. The summed E-state index contributed by atoms with van der Waals surface area (Å²) in [6.45, 7) is 2.13. The number of halogens is 3. The van der Waals surface area contributed by atoms with Crippen LogP contribution in [0.2, 0.25) is 0 Å². The van der Waals surface area contributed by atoms with Crippen LogP contribution in [-0.4, -0.2) is 27.0 Å². The van der Waals surface area contributed by atoms with E-state index in [4.69, 9.17) is 0 Å². The summed E-state index contributed by atoms with van der Waals surface area (Å²) in [5.41, 5.74) is 4.57. The Morgan fingerprint density at radius 2 is 1.94 bits per heavy atom. The molecule has 1 atom stereocenters. The first kappa shape index (κ1) is 21.2. The Kier molecular flexibility index (Phi) is 4.71. The van der Waals surface area contributed by atoms with E-state index in [0.717, 1.165) is 41.3 Å². The molecule has 6 rings (SSSR count). The molecule has 8 heteroatoms. The maximum Gasteiger partial charge on any atom is 0.477 e. The van der Waals surface area contributed by atoms with Crippen LogP contribution in [0.1, 0.15) is 29.8 Å². The van der Waals surface area contributed by atoms with Crippen molar-refractivity contribution in [3.8, 4) is 16.8 Å². The van der Waals surface area contributed by atoms with Crippen LogP contribution in [0.15, 0.2) is 59.7 Å². The summed E-state index contributed by atoms with van der Waals surface area (Å²) in [6, 6.07) is 12.3. The summed E-state index contributed by atoms with van der Waals surface area (Å²) in [7, 11) is 1.35. The molecule has 34 heavy (non-hydrogen) atoms. The van der Waals surface area contributed by atoms with Crippen molar-refractivity contribution in [3.05, 3.63) is 82.2 Å². The first-order chi connectivity index (χ1) is 16.3. The van der Waals surface area contributed by atoms with Gasteiger partial charge in [0, 0.05) is 59.5 Å². The van der Waals surface area contributed by atoms with E-state index in [-0.39, 0.29) is 5.56 Å². The highest BCUT2D eigenvalue weighted by atomic mass is 19.4. The van der Waals surface area contributed by atoms with E-state index >= 15 is 0 Å². The third-order valence-corrected chi connectivity index (χ3v) is 7.23. The predicted molar refractivity (Wildman–Crippen MR) is 123 cm³/mol. The van der Waals surface area contributed by atoms with Gasteiger partial charge in [-0.2, -0.15) is 17.7 Å². The Bertz CT molecular complexity index is 1480. The van der Waals surface area contributed by atoms with Gasteiger partial charge in [0.2, 0.25) is 0 Å². The minimum Gasteiger partial charge on any atom is -0.358 e. The number of nitrogens with one attached hydrogen (secondary N) is 1. The molecule has 2 aliphatic heterocycles. The smallest absolute Gasteiger partial charge is 0.358 e. The molecule has 0 bridgehead atoms. The van der Waals surface area contributed by atoms with Crippen LogP contribution in [-0.2, 0) is 26.2 Å². The highest BCUT2D eigenvalue weighted by Crippen LogP contribution is 2.35. The zero-order valence-electron chi connectivity index (χ0n) is 18.7. The number of benzene rings is 1. The first-order valence-corrected chi connectivity index (χ1v) is 11.5. The van der Waals surface area contributed by atoms with E-state index in [9.17, 15) is 18.0 Å². The molecule has 1 unspecified atom stereocenters. The van der Waals surface area contributed by atoms with Gasteiger partial charge in [0.15, 0.2) is 6.20 Å². The molecule has 1 saturated heterocycles. The average Bonchev–Trinajstić information content (AvgIpc) is 3.39. The largest absolute Gasteiger partial charge is 0.477 e. The van der Waals surface area contributed by atoms with Gasteiger partial charge in [0.25, 0.3) is 11.3 Å². The molecule has 0 spiro atoms. The van der Waals surface area contributed by atoms with Crippen molar-refractivity contribution in [3.63, 3.8) is 0 Å². The van der Waals surface area contributed by atoms with Gasteiger partial charge in [-0.3, -0.25) is 14.3 Å². The summed E-state index contributed by atoms with van der Waals surface area (Å²) >= 11 is 0. The number of aromatic nitrogens is 3. The molecule has 4 aromatic rings. The van der Waals surface area contributed by atoms with Crippen LogP contribution in [0, 0.1) is 0 Å². The quantitative estimate of drug-likeness (QED) is 0.448. The zero-order chi connectivity index (χ0) is 23.6. The molecule has 5 heterocycles. The highest BCUT2D eigenvalue weighted by Gasteiger charge is 2.39. The number of fused-ring (bicyclic) bond motifs is 4. The molecule has 5 nitrogen and oxygen atoms in total. The number of nitrogens with zero attached hydrogens (tertiary/aromatic N) is 3. The second-order valence-corrected chi connectivity index (χ2v) is 9.32. The second kappa shape index (κ2) is 7.56. The van der Waals surface area contributed by atoms with Crippen molar-refractivity contribution in [2.24, 2.45) is 7.05 Å². The van der Waals surface area contributed by atoms with Gasteiger partial charge in [-0.05, 0) is 54.8 Å². The molecule has 0 aliphatic carbocycles. The fraction of sp³-hybridized carbons (Fsp3) is 0.308. The van der Waals surface area contributed by atoms with Crippen LogP contribution in [0.25, 0.3) is 27.7 Å². The normalized spacial score (nSPS) is 18.3. The third-order valence-electron chi connectivity index (χ3n) is 7.23. The molecule has 1 aromatic carbocycles. The monoisotopic (exact) mass is 465 g/mol. The van der Waals surface area contributed by atoms with Crippen molar-refractivity contribution < 1.29 is 17.7 Å². The number of rotatable bonds is 2. The number of alkyl halides is 3. The van der Waals surface area contributed by atoms with Crippen LogP contribution in [0.5, 0.6) is 0 Å². The molecule has 0 amide bonds. The molecule has 3 aromatic heterocycles. The molecular weight excluding hydrogens is 441 g/mol. The lowest BCUT2D eigenvalue weighted by atomic mass is 9.99. The van der Waals surface area contributed by atoms with E-state index in [0.29, 0.717) is 17.2 Å². The summed E-state index contributed by atoms with van der Waals surface area (Å²) < 4.78 is 41.8. The first-order valence-electron chi connectivity index (χ1n) is 11.5. The Balaban J connectivity index is 1.33. The maximum absolute atomic E-state index is 13.1.